The van der Waals surface area contributed by atoms with Gasteiger partial charge in [-0.05, 0) is 97.6 Å². The summed E-state index contributed by atoms with van der Waals surface area (Å²) in [7, 11) is -5.55. The van der Waals surface area contributed by atoms with E-state index < -0.39 is 66.4 Å². The molecule has 2 aliphatic heterocycles. The lowest BCUT2D eigenvalue weighted by atomic mass is 9.94. The van der Waals surface area contributed by atoms with Crippen LogP contribution in [0.25, 0.3) is 10.1 Å². The van der Waals surface area contributed by atoms with Gasteiger partial charge in [0.25, 0.3) is 15.9 Å². The fourth-order valence-corrected chi connectivity index (χ4v) is 9.89. The van der Waals surface area contributed by atoms with Gasteiger partial charge in [0.15, 0.2) is 0 Å². The van der Waals surface area contributed by atoms with Crippen molar-refractivity contribution in [2.24, 2.45) is 5.73 Å². The zero-order valence-corrected chi connectivity index (χ0v) is 28.4. The number of carbonyl (C=O) groups is 2. The molecule has 2 bridgehead atoms. The minimum Gasteiger partial charge on any atom is -0.490 e. The number of amides is 1. The third-order valence-corrected chi connectivity index (χ3v) is 12.7. The number of carbonyl (C=O) groups excluding carboxylic acids is 2. The van der Waals surface area contributed by atoms with Crippen molar-refractivity contribution in [2.45, 2.75) is 97.9 Å². The number of hydrogen-bond donors (Lipinski definition) is 1. The number of rotatable bonds is 9. The number of hydroxylamine groups is 1. The second-order valence-electron chi connectivity index (χ2n) is 12.3. The highest BCUT2D eigenvalue weighted by molar-refractivity contribution is 9.10. The van der Waals surface area contributed by atoms with Crippen LogP contribution in [0.2, 0.25) is 0 Å². The predicted octanol–water partition coefficient (Wildman–Crippen LogP) is 6.64. The monoisotopic (exact) mass is 779 g/mol. The molecule has 1 aromatic heterocycles. The Labute approximate surface area is 285 Å². The highest BCUT2D eigenvalue weighted by Crippen LogP contribution is 2.44. The van der Waals surface area contributed by atoms with Crippen molar-refractivity contribution in [3.63, 3.8) is 0 Å². The van der Waals surface area contributed by atoms with Gasteiger partial charge in [0.05, 0.1) is 6.10 Å². The summed E-state index contributed by atoms with van der Waals surface area (Å²) >= 11 is 3.67. The summed E-state index contributed by atoms with van der Waals surface area (Å²) < 4.78 is 108. The zero-order valence-electron chi connectivity index (χ0n) is 25.2. The normalized spacial score (nSPS) is 22.8. The number of benzene rings is 2. The fourth-order valence-electron chi connectivity index (χ4n) is 6.78. The van der Waals surface area contributed by atoms with Gasteiger partial charge >= 0.3 is 18.1 Å². The number of fused-ring (bicyclic) bond motifs is 3. The molecule has 3 aromatic rings. The lowest BCUT2D eigenvalue weighted by Crippen LogP contribution is -2.62. The number of sulfonamides is 1. The SMILES string of the molecule is NC1CC2CCC(C1)N2C(=O)[C@H](N(OC(=O)C(F)(F)F)S(=O)(=O)c1cc2ccc(OC3CCCC3)cc2s1)C(F)(F)c1ccc(Br)cc1. The van der Waals surface area contributed by atoms with Crippen molar-refractivity contribution in [1.82, 2.24) is 9.37 Å². The Morgan fingerprint density at radius 3 is 2.19 bits per heavy atom. The van der Waals surface area contributed by atoms with E-state index >= 15 is 8.78 Å². The molecule has 48 heavy (non-hydrogen) atoms. The molecule has 1 saturated carbocycles. The largest absolute Gasteiger partial charge is 0.492 e. The molecule has 3 aliphatic rings. The maximum absolute atomic E-state index is 16.7. The molecule has 3 fully saturated rings. The highest BCUT2D eigenvalue weighted by atomic mass is 79.9. The van der Waals surface area contributed by atoms with E-state index in [-0.39, 0.29) is 25.0 Å². The summed E-state index contributed by atoms with van der Waals surface area (Å²) in [5.41, 5.74) is 5.21. The molecule has 17 heteroatoms. The van der Waals surface area contributed by atoms with Crippen LogP contribution in [-0.4, -0.2) is 66.1 Å². The van der Waals surface area contributed by atoms with Crippen LogP contribution >= 0.6 is 27.3 Å². The number of thiophene rings is 1. The molecule has 2 aromatic carbocycles. The molecule has 2 N–H and O–H groups in total. The van der Waals surface area contributed by atoms with Crippen LogP contribution in [0.3, 0.4) is 0 Å². The Balaban J connectivity index is 1.47. The standard InChI is InChI=1S/C31H31BrF5N3O6S2/c32-19-8-6-18(7-9-19)30(33,34)27(28(41)39-21-10-11-22(39)15-20(38)14-21)40(46-29(42)31(35,36)37)48(43,44)26-13-17-5-12-24(16-25(17)47-26)45-23-3-1-2-4-23/h5-9,12-13,16,20-23,27H,1-4,10-11,14-15,38H2/t20?,21?,22?,27-/m0/s1. The molecule has 2 unspecified atom stereocenters. The van der Waals surface area contributed by atoms with Gasteiger partial charge in [-0.1, -0.05) is 28.1 Å². The van der Waals surface area contributed by atoms with E-state index in [9.17, 15) is 31.2 Å². The summed E-state index contributed by atoms with van der Waals surface area (Å²) in [6.07, 6.45) is -0.968. The number of alkyl halides is 5. The maximum atomic E-state index is 16.7. The fraction of sp³-hybridized carbons (Fsp3) is 0.484. The number of hydrogen-bond acceptors (Lipinski definition) is 8. The topological polar surface area (TPSA) is 119 Å². The highest BCUT2D eigenvalue weighted by Gasteiger charge is 2.60. The van der Waals surface area contributed by atoms with Crippen LogP contribution in [0.15, 0.2) is 57.2 Å². The second-order valence-corrected chi connectivity index (χ2v) is 16.3. The number of halogens is 6. The van der Waals surface area contributed by atoms with Crippen molar-refractivity contribution in [2.75, 3.05) is 0 Å². The third kappa shape index (κ3) is 6.80. The Kier molecular flexibility index (Phi) is 9.56. The van der Waals surface area contributed by atoms with Crippen LogP contribution in [-0.2, 0) is 30.4 Å². The first-order chi connectivity index (χ1) is 22.6. The van der Waals surface area contributed by atoms with E-state index in [0.717, 1.165) is 48.8 Å². The Bertz CT molecular complexity index is 1790. The molecule has 0 spiro atoms. The molecule has 260 valence electrons. The van der Waals surface area contributed by atoms with Crippen molar-refractivity contribution in [1.29, 1.82) is 0 Å². The quantitative estimate of drug-likeness (QED) is 0.191. The molecule has 1 aliphatic carbocycles. The van der Waals surface area contributed by atoms with Crippen molar-refractivity contribution in [3.8, 4) is 5.75 Å². The summed E-state index contributed by atoms with van der Waals surface area (Å²) in [6.45, 7) is 0. The van der Waals surface area contributed by atoms with E-state index in [0.29, 0.717) is 44.5 Å². The first-order valence-corrected chi connectivity index (χ1v) is 18.4. The minimum atomic E-state index is -5.79. The summed E-state index contributed by atoms with van der Waals surface area (Å²) in [4.78, 5) is 32.0. The number of piperidine rings is 1. The first kappa shape index (κ1) is 35.0. The van der Waals surface area contributed by atoms with Crippen molar-refractivity contribution < 1.29 is 49.5 Å². The van der Waals surface area contributed by atoms with E-state index in [1.807, 2.05) is 0 Å². The van der Waals surface area contributed by atoms with E-state index in [1.165, 1.54) is 24.3 Å². The van der Waals surface area contributed by atoms with Gasteiger partial charge in [-0.3, -0.25) is 4.79 Å². The van der Waals surface area contributed by atoms with Crippen LogP contribution < -0.4 is 10.5 Å². The van der Waals surface area contributed by atoms with Gasteiger partial charge in [-0.2, -0.15) is 22.0 Å². The van der Waals surface area contributed by atoms with Gasteiger partial charge in [0, 0.05) is 32.9 Å². The van der Waals surface area contributed by atoms with Gasteiger partial charge in [-0.15, -0.1) is 11.3 Å². The summed E-state index contributed by atoms with van der Waals surface area (Å²) in [5, 5.41) is 0.310. The van der Waals surface area contributed by atoms with E-state index in [1.54, 1.807) is 6.07 Å². The van der Waals surface area contributed by atoms with Crippen LogP contribution in [0.4, 0.5) is 22.0 Å². The average Bonchev–Trinajstić information content (AvgIpc) is 3.74. The van der Waals surface area contributed by atoms with Crippen LogP contribution in [0.5, 0.6) is 5.75 Å². The smallest absolute Gasteiger partial charge is 0.490 e. The maximum Gasteiger partial charge on any atom is 0.492 e. The Morgan fingerprint density at radius 2 is 1.58 bits per heavy atom. The van der Waals surface area contributed by atoms with Gasteiger partial charge in [0.1, 0.15) is 9.96 Å². The summed E-state index contributed by atoms with van der Waals surface area (Å²) in [6, 6.07) is 4.98. The van der Waals surface area contributed by atoms with Crippen molar-refractivity contribution in [3.05, 3.63) is 58.6 Å². The molecule has 1 amide bonds. The molecular formula is C31H31BrF5N3O6S2. The lowest BCUT2D eigenvalue weighted by Gasteiger charge is -2.42. The van der Waals surface area contributed by atoms with Crippen molar-refractivity contribution >= 4 is 59.3 Å². The molecule has 0 radical (unpaired) electrons. The zero-order chi connectivity index (χ0) is 34.6. The molecule has 2 saturated heterocycles. The number of nitrogens with zero attached hydrogens (tertiary/aromatic N) is 2. The molecular weight excluding hydrogens is 749 g/mol. The Morgan fingerprint density at radius 1 is 0.958 bits per heavy atom. The summed E-state index contributed by atoms with van der Waals surface area (Å²) in [5.74, 6) is -8.66. The van der Waals surface area contributed by atoms with E-state index in [4.69, 9.17) is 10.5 Å². The second kappa shape index (κ2) is 13.1. The van der Waals surface area contributed by atoms with Crippen LogP contribution in [0.1, 0.15) is 56.9 Å². The van der Waals surface area contributed by atoms with Gasteiger partial charge < -0.3 is 20.2 Å². The van der Waals surface area contributed by atoms with Gasteiger partial charge in [-0.25, -0.2) is 13.2 Å². The lowest BCUT2D eigenvalue weighted by molar-refractivity contribution is -0.240. The molecule has 3 atom stereocenters. The van der Waals surface area contributed by atoms with Crippen LogP contribution in [0, 0.1) is 0 Å². The number of nitrogens with two attached hydrogens (primary N) is 1. The number of ether oxygens (including phenoxy) is 1. The van der Waals surface area contributed by atoms with Gasteiger partial charge in [0.2, 0.25) is 6.04 Å². The molecule has 9 nitrogen and oxygen atoms in total. The third-order valence-electron chi connectivity index (χ3n) is 9.01. The average molecular weight is 781 g/mol. The van der Waals surface area contributed by atoms with E-state index in [2.05, 4.69) is 20.8 Å². The molecule has 6 rings (SSSR count). The molecule has 3 heterocycles. The first-order valence-electron chi connectivity index (χ1n) is 15.3. The minimum absolute atomic E-state index is 0.0323. The predicted molar refractivity (Wildman–Crippen MR) is 169 cm³/mol. The Hall–Kier alpha value is -2.86.